The van der Waals surface area contributed by atoms with Crippen LogP contribution in [0.1, 0.15) is 43.6 Å². The minimum absolute atomic E-state index is 0.206. The van der Waals surface area contributed by atoms with Gasteiger partial charge in [-0.2, -0.15) is 0 Å². The van der Waals surface area contributed by atoms with Gasteiger partial charge >= 0.3 is 0 Å². The first-order valence-corrected chi connectivity index (χ1v) is 7.98. The number of benzene rings is 1. The summed E-state index contributed by atoms with van der Waals surface area (Å²) in [6, 6.07) is 9.20. The second kappa shape index (κ2) is 5.64. The van der Waals surface area contributed by atoms with Crippen molar-refractivity contribution in [3.63, 3.8) is 0 Å². The molecule has 0 spiro atoms. The van der Waals surface area contributed by atoms with Gasteiger partial charge in [0.2, 0.25) is 0 Å². The van der Waals surface area contributed by atoms with E-state index in [1.807, 2.05) is 6.20 Å². The lowest BCUT2D eigenvalue weighted by Crippen LogP contribution is -2.39. The molecule has 21 heavy (non-hydrogen) atoms. The third kappa shape index (κ3) is 2.88. The number of hydrogen-bond donors (Lipinski definition) is 1. The van der Waals surface area contributed by atoms with E-state index < -0.39 is 0 Å². The Morgan fingerprint density at radius 3 is 2.76 bits per heavy atom. The minimum Gasteiger partial charge on any atom is -0.333 e. The SMILES string of the molecule is CCc1nccn1C[C@@H](C)NC1(c2ccccc2C)CC1. The summed E-state index contributed by atoms with van der Waals surface area (Å²) in [6.07, 6.45) is 7.46. The quantitative estimate of drug-likeness (QED) is 0.880. The van der Waals surface area contributed by atoms with Crippen LogP contribution in [-0.2, 0) is 18.5 Å². The highest BCUT2D eigenvalue weighted by atomic mass is 15.1. The van der Waals surface area contributed by atoms with Gasteiger partial charge in [0.1, 0.15) is 5.82 Å². The average molecular weight is 283 g/mol. The van der Waals surface area contributed by atoms with Crippen LogP contribution >= 0.6 is 0 Å². The van der Waals surface area contributed by atoms with Crippen molar-refractivity contribution >= 4 is 0 Å². The predicted octanol–water partition coefficient (Wildman–Crippen LogP) is 3.42. The molecule has 112 valence electrons. The van der Waals surface area contributed by atoms with Gasteiger partial charge in [-0.1, -0.05) is 31.2 Å². The van der Waals surface area contributed by atoms with Crippen LogP contribution in [0.15, 0.2) is 36.7 Å². The third-order valence-corrected chi connectivity index (χ3v) is 4.52. The Bertz CT molecular complexity index is 610. The fraction of sp³-hybridized carbons (Fsp3) is 0.500. The van der Waals surface area contributed by atoms with Crippen molar-refractivity contribution in [2.75, 3.05) is 0 Å². The summed E-state index contributed by atoms with van der Waals surface area (Å²) in [5, 5.41) is 3.87. The number of nitrogens with one attached hydrogen (secondary N) is 1. The molecule has 3 heteroatoms. The number of imidazole rings is 1. The van der Waals surface area contributed by atoms with E-state index >= 15 is 0 Å². The zero-order valence-electron chi connectivity index (χ0n) is 13.3. The number of nitrogens with zero attached hydrogens (tertiary/aromatic N) is 2. The first-order valence-electron chi connectivity index (χ1n) is 7.98. The normalized spacial score (nSPS) is 17.7. The van der Waals surface area contributed by atoms with Gasteiger partial charge in [-0.05, 0) is 37.8 Å². The van der Waals surface area contributed by atoms with Gasteiger partial charge in [-0.3, -0.25) is 0 Å². The van der Waals surface area contributed by atoms with E-state index in [0.717, 1.165) is 13.0 Å². The van der Waals surface area contributed by atoms with Crippen molar-refractivity contribution in [3.8, 4) is 0 Å². The second-order valence-corrected chi connectivity index (χ2v) is 6.29. The smallest absolute Gasteiger partial charge is 0.108 e. The van der Waals surface area contributed by atoms with Gasteiger partial charge in [0.15, 0.2) is 0 Å². The van der Waals surface area contributed by atoms with Crippen molar-refractivity contribution in [3.05, 3.63) is 53.6 Å². The van der Waals surface area contributed by atoms with E-state index in [9.17, 15) is 0 Å². The maximum Gasteiger partial charge on any atom is 0.108 e. The molecular formula is C18H25N3. The van der Waals surface area contributed by atoms with Crippen LogP contribution < -0.4 is 5.32 Å². The Morgan fingerprint density at radius 1 is 1.33 bits per heavy atom. The molecule has 2 aromatic rings. The molecule has 1 aliphatic carbocycles. The standard InChI is InChI=1S/C18H25N3/c1-4-17-19-11-12-21(17)13-15(3)20-18(9-10-18)16-8-6-5-7-14(16)2/h5-8,11-12,15,20H,4,9-10,13H2,1-3H3/t15-/m1/s1. The molecule has 0 unspecified atom stereocenters. The molecule has 0 saturated heterocycles. The molecule has 0 radical (unpaired) electrons. The van der Waals surface area contributed by atoms with Crippen molar-refractivity contribution in [1.82, 2.24) is 14.9 Å². The van der Waals surface area contributed by atoms with Gasteiger partial charge in [0, 0.05) is 36.9 Å². The van der Waals surface area contributed by atoms with E-state index in [2.05, 4.69) is 66.1 Å². The predicted molar refractivity (Wildman–Crippen MR) is 86.3 cm³/mol. The van der Waals surface area contributed by atoms with Crippen LogP contribution in [0.2, 0.25) is 0 Å². The summed E-state index contributed by atoms with van der Waals surface area (Å²) >= 11 is 0. The second-order valence-electron chi connectivity index (χ2n) is 6.29. The van der Waals surface area contributed by atoms with E-state index in [4.69, 9.17) is 0 Å². The molecule has 1 aromatic heterocycles. The van der Waals surface area contributed by atoms with E-state index in [1.54, 1.807) is 0 Å². The Morgan fingerprint density at radius 2 is 2.10 bits per heavy atom. The van der Waals surface area contributed by atoms with E-state index in [0.29, 0.717) is 6.04 Å². The van der Waals surface area contributed by atoms with Crippen LogP contribution in [0.3, 0.4) is 0 Å². The highest BCUT2D eigenvalue weighted by Crippen LogP contribution is 2.47. The summed E-state index contributed by atoms with van der Waals surface area (Å²) in [6.45, 7) is 7.63. The first kappa shape index (κ1) is 14.3. The van der Waals surface area contributed by atoms with Crippen LogP contribution in [0.25, 0.3) is 0 Å². The van der Waals surface area contributed by atoms with Crippen molar-refractivity contribution in [2.45, 2.75) is 58.2 Å². The van der Waals surface area contributed by atoms with E-state index in [1.165, 1.54) is 29.8 Å². The van der Waals surface area contributed by atoms with Gasteiger partial charge in [0.25, 0.3) is 0 Å². The number of hydrogen-bond acceptors (Lipinski definition) is 2. The lowest BCUT2D eigenvalue weighted by atomic mass is 9.98. The van der Waals surface area contributed by atoms with Gasteiger partial charge in [-0.15, -0.1) is 0 Å². The Labute approximate surface area is 127 Å². The molecule has 0 aliphatic heterocycles. The number of aryl methyl sites for hydroxylation is 2. The average Bonchev–Trinajstić information content (AvgIpc) is 3.09. The maximum absolute atomic E-state index is 4.41. The maximum atomic E-state index is 4.41. The monoisotopic (exact) mass is 283 g/mol. The largest absolute Gasteiger partial charge is 0.333 e. The van der Waals surface area contributed by atoms with Crippen molar-refractivity contribution in [1.29, 1.82) is 0 Å². The minimum atomic E-state index is 0.206. The molecule has 3 rings (SSSR count). The molecule has 0 bridgehead atoms. The molecule has 1 heterocycles. The summed E-state index contributed by atoms with van der Waals surface area (Å²) in [5.74, 6) is 1.17. The summed E-state index contributed by atoms with van der Waals surface area (Å²) in [4.78, 5) is 4.41. The summed E-state index contributed by atoms with van der Waals surface area (Å²) in [5.41, 5.74) is 3.07. The number of aromatic nitrogens is 2. The van der Waals surface area contributed by atoms with Gasteiger partial charge < -0.3 is 9.88 Å². The lowest BCUT2D eigenvalue weighted by Gasteiger charge is -2.25. The molecular weight excluding hydrogens is 258 g/mol. The van der Waals surface area contributed by atoms with Gasteiger partial charge in [0.05, 0.1) is 0 Å². The molecule has 1 aromatic carbocycles. The number of rotatable bonds is 6. The fourth-order valence-corrected chi connectivity index (χ4v) is 3.36. The van der Waals surface area contributed by atoms with E-state index in [-0.39, 0.29) is 5.54 Å². The topological polar surface area (TPSA) is 29.9 Å². The highest BCUT2D eigenvalue weighted by molar-refractivity contribution is 5.37. The van der Waals surface area contributed by atoms with Gasteiger partial charge in [-0.25, -0.2) is 4.98 Å². The Hall–Kier alpha value is -1.61. The third-order valence-electron chi connectivity index (χ3n) is 4.52. The fourth-order valence-electron chi connectivity index (χ4n) is 3.36. The molecule has 3 nitrogen and oxygen atoms in total. The molecule has 1 fully saturated rings. The van der Waals surface area contributed by atoms with Crippen LogP contribution in [0, 0.1) is 6.92 Å². The Kier molecular flexibility index (Phi) is 3.85. The van der Waals surface area contributed by atoms with Crippen LogP contribution in [0.5, 0.6) is 0 Å². The first-order chi connectivity index (χ1) is 10.1. The molecule has 0 amide bonds. The zero-order chi connectivity index (χ0) is 14.9. The summed E-state index contributed by atoms with van der Waals surface area (Å²) in [7, 11) is 0. The van der Waals surface area contributed by atoms with Crippen molar-refractivity contribution in [2.24, 2.45) is 0 Å². The molecule has 1 atom stereocenters. The molecule has 1 saturated carbocycles. The highest BCUT2D eigenvalue weighted by Gasteiger charge is 2.45. The molecule has 1 aliphatic rings. The Balaban J connectivity index is 1.70. The van der Waals surface area contributed by atoms with Crippen molar-refractivity contribution < 1.29 is 0 Å². The lowest BCUT2D eigenvalue weighted by molar-refractivity contribution is 0.395. The van der Waals surface area contributed by atoms with Crippen LogP contribution in [0.4, 0.5) is 0 Å². The van der Waals surface area contributed by atoms with Crippen LogP contribution in [-0.4, -0.2) is 15.6 Å². The molecule has 1 N–H and O–H groups in total. The zero-order valence-corrected chi connectivity index (χ0v) is 13.3. The summed E-state index contributed by atoms with van der Waals surface area (Å²) < 4.78 is 2.27.